The summed E-state index contributed by atoms with van der Waals surface area (Å²) in [6, 6.07) is 18.9. The maximum Gasteiger partial charge on any atom is 0.243 e. The maximum absolute atomic E-state index is 12.9. The van der Waals surface area contributed by atoms with Gasteiger partial charge in [0.15, 0.2) is 0 Å². The number of hydrogen-bond acceptors (Lipinski definition) is 4. The lowest BCUT2D eigenvalue weighted by molar-refractivity contribution is -0.126. The molecule has 1 fully saturated rings. The fraction of sp³-hybridized carbons (Fsp3) is 0.458. The van der Waals surface area contributed by atoms with Crippen molar-refractivity contribution < 1.29 is 13.2 Å². The number of sulfonamides is 1. The van der Waals surface area contributed by atoms with Crippen LogP contribution < -0.4 is 5.32 Å². The average Bonchev–Trinajstić information content (AvgIpc) is 2.82. The molecule has 0 radical (unpaired) electrons. The molecule has 0 aromatic heterocycles. The fourth-order valence-corrected chi connectivity index (χ4v) is 5.73. The third kappa shape index (κ3) is 5.73. The number of hydrogen-bond donors (Lipinski definition) is 1. The topological polar surface area (TPSA) is 69.7 Å². The van der Waals surface area contributed by atoms with Crippen LogP contribution in [0.5, 0.6) is 0 Å². The Labute approximate surface area is 186 Å². The van der Waals surface area contributed by atoms with Crippen LogP contribution >= 0.6 is 0 Å². The Hall–Kier alpha value is -2.22. The first kappa shape index (κ1) is 23.4. The fourth-order valence-electron chi connectivity index (χ4n) is 4.24. The quantitative estimate of drug-likeness (QED) is 0.646. The van der Waals surface area contributed by atoms with E-state index in [0.29, 0.717) is 37.4 Å². The van der Waals surface area contributed by atoms with Crippen LogP contribution in [0.3, 0.4) is 0 Å². The lowest BCUT2D eigenvalue weighted by Gasteiger charge is -2.33. The normalized spacial score (nSPS) is 16.9. The highest BCUT2D eigenvalue weighted by Crippen LogP contribution is 2.25. The number of carbonyl (C=O) groups excluding carboxylic acids is 1. The molecule has 1 amide bonds. The molecule has 0 spiro atoms. The Morgan fingerprint density at radius 2 is 1.55 bits per heavy atom. The molecular weight excluding hydrogens is 410 g/mol. The molecule has 6 nitrogen and oxygen atoms in total. The summed E-state index contributed by atoms with van der Waals surface area (Å²) < 4.78 is 27.1. The van der Waals surface area contributed by atoms with Gasteiger partial charge in [0.05, 0.1) is 10.9 Å². The van der Waals surface area contributed by atoms with Crippen LogP contribution in [-0.4, -0.2) is 56.3 Å². The van der Waals surface area contributed by atoms with Crippen LogP contribution in [0.15, 0.2) is 65.6 Å². The molecule has 1 saturated heterocycles. The van der Waals surface area contributed by atoms with Crippen LogP contribution in [0, 0.1) is 5.92 Å². The molecular formula is C24H33N3O3S. The third-order valence-electron chi connectivity index (χ3n) is 6.11. The highest BCUT2D eigenvalue weighted by molar-refractivity contribution is 7.89. The van der Waals surface area contributed by atoms with Crippen molar-refractivity contribution in [3.8, 4) is 0 Å². The largest absolute Gasteiger partial charge is 0.354 e. The Kier molecular flexibility index (Phi) is 8.23. The minimum absolute atomic E-state index is 0.0184. The molecule has 1 aliphatic rings. The molecule has 1 heterocycles. The number of carbonyl (C=O) groups is 1. The summed E-state index contributed by atoms with van der Waals surface area (Å²) >= 11 is 0. The molecule has 168 valence electrons. The first-order chi connectivity index (χ1) is 15.0. The number of amides is 1. The lowest BCUT2D eigenvalue weighted by atomic mass is 9.97. The maximum atomic E-state index is 12.9. The second-order valence-electron chi connectivity index (χ2n) is 7.88. The van der Waals surface area contributed by atoms with Crippen molar-refractivity contribution in [1.82, 2.24) is 14.5 Å². The van der Waals surface area contributed by atoms with E-state index in [1.54, 1.807) is 30.3 Å². The van der Waals surface area contributed by atoms with Crippen LogP contribution in [-0.2, 0) is 14.8 Å². The number of piperidine rings is 1. The Morgan fingerprint density at radius 3 is 2.10 bits per heavy atom. The minimum atomic E-state index is -3.50. The van der Waals surface area contributed by atoms with Gasteiger partial charge in [-0.05, 0) is 43.6 Å². The molecule has 31 heavy (non-hydrogen) atoms. The van der Waals surface area contributed by atoms with Gasteiger partial charge in [-0.15, -0.1) is 0 Å². The number of nitrogens with zero attached hydrogens (tertiary/aromatic N) is 2. The van der Waals surface area contributed by atoms with Gasteiger partial charge < -0.3 is 5.32 Å². The Morgan fingerprint density at radius 1 is 1.00 bits per heavy atom. The predicted octanol–water partition coefficient (Wildman–Crippen LogP) is 3.29. The van der Waals surface area contributed by atoms with E-state index in [1.165, 1.54) is 9.87 Å². The standard InChI is InChI=1S/C24H33N3O3S/c1-3-26(4-2)23(20-11-7-5-8-12-20)19-25-24(28)21-15-17-27(18-16-21)31(29,30)22-13-9-6-10-14-22/h5-14,21,23H,3-4,15-19H2,1-2H3,(H,25,28). The van der Waals surface area contributed by atoms with Crippen LogP contribution in [0.25, 0.3) is 0 Å². The highest BCUT2D eigenvalue weighted by Gasteiger charge is 2.32. The molecule has 1 atom stereocenters. The molecule has 3 rings (SSSR count). The molecule has 1 aliphatic heterocycles. The number of benzene rings is 2. The second kappa shape index (κ2) is 10.9. The van der Waals surface area contributed by atoms with Gasteiger partial charge in [0.2, 0.25) is 15.9 Å². The summed E-state index contributed by atoms with van der Waals surface area (Å²) in [7, 11) is -3.50. The van der Waals surface area contributed by atoms with Gasteiger partial charge in [0.1, 0.15) is 0 Å². The van der Waals surface area contributed by atoms with E-state index in [2.05, 4.69) is 36.2 Å². The first-order valence-electron chi connectivity index (χ1n) is 11.1. The van der Waals surface area contributed by atoms with Gasteiger partial charge in [-0.2, -0.15) is 4.31 Å². The molecule has 0 aliphatic carbocycles. The van der Waals surface area contributed by atoms with Crippen molar-refractivity contribution in [2.45, 2.75) is 37.6 Å². The van der Waals surface area contributed by atoms with E-state index in [1.807, 2.05) is 18.2 Å². The van der Waals surface area contributed by atoms with Crippen molar-refractivity contribution >= 4 is 15.9 Å². The Balaban J connectivity index is 1.58. The molecule has 7 heteroatoms. The second-order valence-corrected chi connectivity index (χ2v) is 9.82. The minimum Gasteiger partial charge on any atom is -0.354 e. The molecule has 0 bridgehead atoms. The summed E-state index contributed by atoms with van der Waals surface area (Å²) in [4.78, 5) is 15.5. The van der Waals surface area contributed by atoms with Crippen molar-refractivity contribution in [2.75, 3.05) is 32.7 Å². The van der Waals surface area contributed by atoms with Crippen molar-refractivity contribution in [3.05, 3.63) is 66.2 Å². The van der Waals surface area contributed by atoms with Gasteiger partial charge in [0, 0.05) is 25.6 Å². The monoisotopic (exact) mass is 443 g/mol. The van der Waals surface area contributed by atoms with Gasteiger partial charge in [0.25, 0.3) is 0 Å². The molecule has 2 aromatic rings. The highest BCUT2D eigenvalue weighted by atomic mass is 32.2. The Bertz CT molecular complexity index is 923. The van der Waals surface area contributed by atoms with E-state index in [0.717, 1.165) is 13.1 Å². The zero-order valence-electron chi connectivity index (χ0n) is 18.4. The van der Waals surface area contributed by atoms with Crippen molar-refractivity contribution in [3.63, 3.8) is 0 Å². The summed E-state index contributed by atoms with van der Waals surface area (Å²) in [6.45, 7) is 7.35. The van der Waals surface area contributed by atoms with Gasteiger partial charge >= 0.3 is 0 Å². The van der Waals surface area contributed by atoms with Crippen LogP contribution in [0.2, 0.25) is 0 Å². The summed E-state index contributed by atoms with van der Waals surface area (Å²) in [5, 5.41) is 3.14. The predicted molar refractivity (Wildman–Crippen MR) is 123 cm³/mol. The average molecular weight is 444 g/mol. The van der Waals surface area contributed by atoms with Crippen LogP contribution in [0.4, 0.5) is 0 Å². The van der Waals surface area contributed by atoms with E-state index >= 15 is 0 Å². The third-order valence-corrected chi connectivity index (χ3v) is 8.03. The van der Waals surface area contributed by atoms with E-state index in [-0.39, 0.29) is 17.9 Å². The molecule has 2 aromatic carbocycles. The molecule has 1 unspecified atom stereocenters. The van der Waals surface area contributed by atoms with Gasteiger partial charge in [-0.3, -0.25) is 9.69 Å². The van der Waals surface area contributed by atoms with Crippen molar-refractivity contribution in [2.24, 2.45) is 5.92 Å². The summed E-state index contributed by atoms with van der Waals surface area (Å²) in [5.74, 6) is -0.139. The molecule has 0 saturated carbocycles. The summed E-state index contributed by atoms with van der Waals surface area (Å²) in [5.41, 5.74) is 1.19. The SMILES string of the molecule is CCN(CC)C(CNC(=O)C1CCN(S(=O)(=O)c2ccccc2)CC1)c1ccccc1. The first-order valence-corrected chi connectivity index (χ1v) is 12.5. The van der Waals surface area contributed by atoms with Crippen LogP contribution in [0.1, 0.15) is 38.3 Å². The molecule has 1 N–H and O–H groups in total. The smallest absolute Gasteiger partial charge is 0.243 e. The number of likely N-dealkylation sites (N-methyl/N-ethyl adjacent to an activating group) is 1. The number of rotatable bonds is 9. The van der Waals surface area contributed by atoms with E-state index in [4.69, 9.17) is 0 Å². The zero-order chi connectivity index (χ0) is 22.3. The van der Waals surface area contributed by atoms with E-state index < -0.39 is 10.0 Å². The number of nitrogens with one attached hydrogen (secondary N) is 1. The van der Waals surface area contributed by atoms with E-state index in [9.17, 15) is 13.2 Å². The van der Waals surface area contributed by atoms with Gasteiger partial charge in [-0.1, -0.05) is 62.4 Å². The van der Waals surface area contributed by atoms with Gasteiger partial charge in [-0.25, -0.2) is 8.42 Å². The summed E-state index contributed by atoms with van der Waals surface area (Å²) in [6.07, 6.45) is 1.08. The zero-order valence-corrected chi connectivity index (χ0v) is 19.2. The lowest BCUT2D eigenvalue weighted by Crippen LogP contribution is -2.45. The van der Waals surface area contributed by atoms with Crippen molar-refractivity contribution in [1.29, 1.82) is 0 Å².